The summed E-state index contributed by atoms with van der Waals surface area (Å²) in [6.07, 6.45) is -8.42. The molecule has 0 aliphatic rings. The van der Waals surface area contributed by atoms with Crippen molar-refractivity contribution in [3.63, 3.8) is 0 Å². The van der Waals surface area contributed by atoms with Gasteiger partial charge in [-0.15, -0.1) is 0 Å². The molecule has 0 aromatic carbocycles. The first kappa shape index (κ1) is 12.6. The van der Waals surface area contributed by atoms with E-state index in [1.807, 2.05) is 0 Å². The van der Waals surface area contributed by atoms with Crippen LogP contribution in [0.2, 0.25) is 5.15 Å². The summed E-state index contributed by atoms with van der Waals surface area (Å²) < 4.78 is 61.8. The van der Waals surface area contributed by atoms with E-state index < -0.39 is 34.6 Å². The summed E-state index contributed by atoms with van der Waals surface area (Å²) in [6.45, 7) is 0. The van der Waals surface area contributed by atoms with Crippen molar-refractivity contribution in [1.29, 1.82) is 5.26 Å². The van der Waals surface area contributed by atoms with E-state index in [1.165, 1.54) is 6.07 Å². The molecule has 0 radical (unpaired) electrons. The first-order valence-corrected chi connectivity index (χ1v) is 4.11. The van der Waals surface area contributed by atoms with E-state index in [0.717, 1.165) is 0 Å². The molecule has 0 atom stereocenters. The molecule has 0 amide bonds. The topological polar surface area (TPSA) is 36.7 Å². The molecule has 86 valence electrons. The van der Waals surface area contributed by atoms with Crippen molar-refractivity contribution in [2.45, 2.75) is 12.6 Å². The van der Waals surface area contributed by atoms with E-state index >= 15 is 0 Å². The van der Waals surface area contributed by atoms with Crippen LogP contribution in [0.4, 0.5) is 22.0 Å². The van der Waals surface area contributed by atoms with Crippen LogP contribution in [0.3, 0.4) is 0 Å². The summed E-state index contributed by atoms with van der Waals surface area (Å²) in [7, 11) is 0. The zero-order valence-corrected chi connectivity index (χ0v) is 8.07. The van der Waals surface area contributed by atoms with Gasteiger partial charge >= 0.3 is 6.18 Å². The van der Waals surface area contributed by atoms with E-state index in [-0.39, 0.29) is 6.07 Å². The monoisotopic (exact) mass is 256 g/mol. The number of hydrogen-bond acceptors (Lipinski definition) is 2. The van der Waals surface area contributed by atoms with Crippen LogP contribution in [0.15, 0.2) is 6.07 Å². The van der Waals surface area contributed by atoms with Crippen LogP contribution in [0.25, 0.3) is 0 Å². The van der Waals surface area contributed by atoms with Crippen LogP contribution in [-0.2, 0) is 6.18 Å². The number of rotatable bonds is 1. The zero-order chi connectivity index (χ0) is 12.5. The van der Waals surface area contributed by atoms with E-state index in [4.69, 9.17) is 16.9 Å². The molecule has 2 nitrogen and oxygen atoms in total. The molecule has 1 heterocycles. The molecule has 0 bridgehead atoms. The molecular weight excluding hydrogens is 255 g/mol. The van der Waals surface area contributed by atoms with Gasteiger partial charge in [-0.25, -0.2) is 13.8 Å². The minimum Gasteiger partial charge on any atom is -0.225 e. The van der Waals surface area contributed by atoms with Crippen LogP contribution in [0, 0.1) is 11.3 Å². The third kappa shape index (κ3) is 2.39. The van der Waals surface area contributed by atoms with Gasteiger partial charge in [-0.2, -0.15) is 18.4 Å². The minimum absolute atomic E-state index is 0.243. The zero-order valence-electron chi connectivity index (χ0n) is 7.32. The van der Waals surface area contributed by atoms with Gasteiger partial charge in [0.1, 0.15) is 16.9 Å². The van der Waals surface area contributed by atoms with Gasteiger partial charge < -0.3 is 0 Å². The first-order valence-electron chi connectivity index (χ1n) is 3.73. The maximum Gasteiger partial charge on any atom is 0.417 e. The summed E-state index contributed by atoms with van der Waals surface area (Å²) in [4.78, 5) is 3.11. The first-order chi connectivity index (χ1) is 7.27. The van der Waals surface area contributed by atoms with Crippen molar-refractivity contribution < 1.29 is 22.0 Å². The summed E-state index contributed by atoms with van der Waals surface area (Å²) in [6, 6.07) is 1.55. The molecule has 0 saturated carbocycles. The van der Waals surface area contributed by atoms with Crippen molar-refractivity contribution in [2.75, 3.05) is 0 Å². The summed E-state index contributed by atoms with van der Waals surface area (Å²) >= 11 is 5.17. The number of alkyl halides is 5. The van der Waals surface area contributed by atoms with Crippen LogP contribution in [0.5, 0.6) is 0 Å². The van der Waals surface area contributed by atoms with E-state index in [0.29, 0.717) is 0 Å². The second-order valence-corrected chi connectivity index (χ2v) is 3.03. The number of pyridine rings is 1. The van der Waals surface area contributed by atoms with Gasteiger partial charge in [-0.05, 0) is 6.07 Å². The number of aromatic nitrogens is 1. The smallest absolute Gasteiger partial charge is 0.225 e. The fourth-order valence-electron chi connectivity index (χ4n) is 1.02. The maximum atomic E-state index is 12.4. The Hall–Kier alpha value is -1.42. The van der Waals surface area contributed by atoms with Gasteiger partial charge in [-0.1, -0.05) is 11.6 Å². The number of nitrogens with zero attached hydrogens (tertiary/aromatic N) is 2. The lowest BCUT2D eigenvalue weighted by Crippen LogP contribution is -2.12. The lowest BCUT2D eigenvalue weighted by atomic mass is 10.1. The highest BCUT2D eigenvalue weighted by molar-refractivity contribution is 6.30. The van der Waals surface area contributed by atoms with Crippen molar-refractivity contribution >= 4 is 11.6 Å². The molecular formula is C8H2ClF5N2. The van der Waals surface area contributed by atoms with Gasteiger partial charge in [0.15, 0.2) is 0 Å². The lowest BCUT2D eigenvalue weighted by molar-refractivity contribution is -0.139. The van der Waals surface area contributed by atoms with Crippen LogP contribution >= 0.6 is 11.6 Å². The van der Waals surface area contributed by atoms with Gasteiger partial charge in [0.25, 0.3) is 6.43 Å². The fraction of sp³-hybridized carbons (Fsp3) is 0.250. The van der Waals surface area contributed by atoms with Crippen molar-refractivity contribution in [3.8, 4) is 6.07 Å². The van der Waals surface area contributed by atoms with Crippen molar-refractivity contribution in [2.24, 2.45) is 0 Å². The highest BCUT2D eigenvalue weighted by atomic mass is 35.5. The number of hydrogen-bond donors (Lipinski definition) is 0. The predicted octanol–water partition coefficient (Wildman–Crippen LogP) is 3.56. The van der Waals surface area contributed by atoms with Gasteiger partial charge in [0.2, 0.25) is 0 Å². The van der Waals surface area contributed by atoms with Gasteiger partial charge in [0.05, 0.1) is 11.1 Å². The SMILES string of the molecule is N#Cc1cc(C(F)(F)F)c(C(F)F)c(Cl)n1. The standard InChI is InChI=1S/C8H2ClF5N2/c9-6-5(7(10)11)4(8(12,13)14)1-3(2-15)16-6/h1,7H. The molecule has 0 unspecified atom stereocenters. The van der Waals surface area contributed by atoms with Gasteiger partial charge in [0, 0.05) is 0 Å². The van der Waals surface area contributed by atoms with Gasteiger partial charge in [-0.3, -0.25) is 0 Å². The molecule has 16 heavy (non-hydrogen) atoms. The predicted molar refractivity (Wildman–Crippen MR) is 43.9 cm³/mol. The van der Waals surface area contributed by atoms with Crippen molar-refractivity contribution in [3.05, 3.63) is 28.0 Å². The van der Waals surface area contributed by atoms with Crippen molar-refractivity contribution in [1.82, 2.24) is 4.98 Å². The fourth-order valence-corrected chi connectivity index (χ4v) is 1.30. The van der Waals surface area contributed by atoms with Crippen LogP contribution in [-0.4, -0.2) is 4.98 Å². The molecule has 0 spiro atoms. The average Bonchev–Trinajstić information content (AvgIpc) is 2.14. The number of nitriles is 1. The Morgan fingerprint density at radius 2 is 1.94 bits per heavy atom. The van der Waals surface area contributed by atoms with E-state index in [9.17, 15) is 22.0 Å². The Balaban J connectivity index is 3.55. The second kappa shape index (κ2) is 4.22. The molecule has 0 aliphatic carbocycles. The van der Waals surface area contributed by atoms with Crippen LogP contribution < -0.4 is 0 Å². The molecule has 8 heteroatoms. The summed E-state index contributed by atoms with van der Waals surface area (Å²) in [5.41, 5.74) is -3.71. The normalized spacial score (nSPS) is 11.6. The van der Waals surface area contributed by atoms with E-state index in [2.05, 4.69) is 4.98 Å². The van der Waals surface area contributed by atoms with E-state index in [1.54, 1.807) is 0 Å². The largest absolute Gasteiger partial charge is 0.417 e. The van der Waals surface area contributed by atoms with Crippen LogP contribution in [0.1, 0.15) is 23.2 Å². The molecule has 0 fully saturated rings. The lowest BCUT2D eigenvalue weighted by Gasteiger charge is -2.13. The Labute approximate surface area is 91.3 Å². The molecule has 0 N–H and O–H groups in total. The Bertz CT molecular complexity index is 449. The number of halogens is 6. The minimum atomic E-state index is -5.01. The summed E-state index contributed by atoms with van der Waals surface area (Å²) in [5.74, 6) is 0. The summed E-state index contributed by atoms with van der Waals surface area (Å²) in [5, 5.41) is 7.34. The highest BCUT2D eigenvalue weighted by Gasteiger charge is 2.38. The maximum absolute atomic E-state index is 12.4. The quantitative estimate of drug-likeness (QED) is 0.569. The Morgan fingerprint density at radius 3 is 2.31 bits per heavy atom. The molecule has 1 aromatic rings. The Kier molecular flexibility index (Phi) is 3.33. The second-order valence-electron chi connectivity index (χ2n) is 2.67. The Morgan fingerprint density at radius 1 is 1.38 bits per heavy atom. The molecule has 1 aromatic heterocycles. The third-order valence-corrected chi connectivity index (χ3v) is 1.94. The molecule has 0 aliphatic heterocycles. The third-order valence-electron chi connectivity index (χ3n) is 1.65. The molecule has 1 rings (SSSR count). The molecule has 0 saturated heterocycles. The highest BCUT2D eigenvalue weighted by Crippen LogP contribution is 2.39. The average molecular weight is 257 g/mol.